The average Bonchev–Trinajstić information content (AvgIpc) is 3.02. The first kappa shape index (κ1) is 16.2. The van der Waals surface area contributed by atoms with Crippen LogP contribution in [0.3, 0.4) is 0 Å². The highest BCUT2D eigenvalue weighted by Crippen LogP contribution is 2.19. The number of hydrogen-bond donors (Lipinski definition) is 2. The number of fused-ring (bicyclic) bond motifs is 1. The summed E-state index contributed by atoms with van der Waals surface area (Å²) in [6.45, 7) is 0.444. The third-order valence-corrected chi connectivity index (χ3v) is 4.04. The van der Waals surface area contributed by atoms with E-state index in [-0.39, 0.29) is 11.7 Å². The molecule has 0 aliphatic heterocycles. The maximum atomic E-state index is 13.1. The smallest absolute Gasteiger partial charge is 0.242 e. The van der Waals surface area contributed by atoms with Gasteiger partial charge in [-0.1, -0.05) is 24.3 Å². The van der Waals surface area contributed by atoms with E-state index in [0.717, 1.165) is 22.0 Å². The number of likely N-dealkylation sites (N-methyl/N-ethyl adjacent to an activating group) is 1. The quantitative estimate of drug-likeness (QED) is 0.757. The highest BCUT2D eigenvalue weighted by molar-refractivity contribution is 5.83. The van der Waals surface area contributed by atoms with E-state index in [2.05, 4.69) is 10.3 Å². The summed E-state index contributed by atoms with van der Waals surface area (Å²) in [5.41, 5.74) is 2.83. The molecule has 1 heterocycles. The number of nitrogens with one attached hydrogen (secondary N) is 2. The molecule has 4 nitrogen and oxygen atoms in total. The van der Waals surface area contributed by atoms with Crippen molar-refractivity contribution in [1.82, 2.24) is 15.2 Å². The minimum atomic E-state index is -0.459. The first-order valence-electron chi connectivity index (χ1n) is 7.80. The number of benzene rings is 2. The van der Waals surface area contributed by atoms with E-state index in [4.69, 9.17) is 0 Å². The molecule has 1 atom stereocenters. The van der Waals surface area contributed by atoms with E-state index < -0.39 is 6.04 Å². The zero-order chi connectivity index (χ0) is 17.1. The molecule has 24 heavy (non-hydrogen) atoms. The highest BCUT2D eigenvalue weighted by atomic mass is 19.1. The SMILES string of the molecule is CN(C)[C@@H](C(=O)NCc1ccc2cc[nH]c2c1)c1ccc(F)cc1. The molecule has 0 fully saturated rings. The van der Waals surface area contributed by atoms with Crippen molar-refractivity contribution in [3.8, 4) is 0 Å². The number of carbonyl (C=O) groups excluding carboxylic acids is 1. The van der Waals surface area contributed by atoms with Crippen molar-refractivity contribution >= 4 is 16.8 Å². The van der Waals surface area contributed by atoms with Gasteiger partial charge in [-0.15, -0.1) is 0 Å². The van der Waals surface area contributed by atoms with Crippen LogP contribution in [0.4, 0.5) is 4.39 Å². The molecule has 124 valence electrons. The van der Waals surface area contributed by atoms with Crippen molar-refractivity contribution < 1.29 is 9.18 Å². The van der Waals surface area contributed by atoms with E-state index in [1.54, 1.807) is 12.1 Å². The monoisotopic (exact) mass is 325 g/mol. The van der Waals surface area contributed by atoms with Gasteiger partial charge in [-0.25, -0.2) is 4.39 Å². The minimum Gasteiger partial charge on any atom is -0.361 e. The average molecular weight is 325 g/mol. The van der Waals surface area contributed by atoms with Gasteiger partial charge in [-0.2, -0.15) is 0 Å². The summed E-state index contributed by atoms with van der Waals surface area (Å²) in [6.07, 6.45) is 1.89. The number of rotatable bonds is 5. The van der Waals surface area contributed by atoms with Crippen LogP contribution in [-0.4, -0.2) is 29.9 Å². The fourth-order valence-corrected chi connectivity index (χ4v) is 2.82. The third kappa shape index (κ3) is 3.46. The molecule has 2 aromatic carbocycles. The minimum absolute atomic E-state index is 0.113. The summed E-state index contributed by atoms with van der Waals surface area (Å²) in [5.74, 6) is -0.422. The summed E-state index contributed by atoms with van der Waals surface area (Å²) in [4.78, 5) is 17.6. The van der Waals surface area contributed by atoms with Crippen LogP contribution in [0.15, 0.2) is 54.7 Å². The number of amides is 1. The Balaban J connectivity index is 1.72. The summed E-state index contributed by atoms with van der Waals surface area (Å²) in [5, 5.41) is 4.10. The molecule has 1 amide bonds. The Morgan fingerprint density at radius 1 is 1.17 bits per heavy atom. The van der Waals surface area contributed by atoms with Gasteiger partial charge < -0.3 is 10.3 Å². The van der Waals surface area contributed by atoms with Gasteiger partial charge in [0.05, 0.1) is 0 Å². The molecular weight excluding hydrogens is 305 g/mol. The Bertz CT molecular complexity index is 839. The van der Waals surface area contributed by atoms with Crippen molar-refractivity contribution in [2.24, 2.45) is 0 Å². The van der Waals surface area contributed by atoms with Crippen LogP contribution in [0.1, 0.15) is 17.2 Å². The van der Waals surface area contributed by atoms with Crippen molar-refractivity contribution in [2.75, 3.05) is 14.1 Å². The number of nitrogens with zero attached hydrogens (tertiary/aromatic N) is 1. The first-order chi connectivity index (χ1) is 11.5. The number of halogens is 1. The Morgan fingerprint density at radius 2 is 1.92 bits per heavy atom. The Kier molecular flexibility index (Phi) is 4.62. The van der Waals surface area contributed by atoms with Crippen LogP contribution in [0, 0.1) is 5.82 Å². The van der Waals surface area contributed by atoms with Gasteiger partial charge in [0.15, 0.2) is 0 Å². The van der Waals surface area contributed by atoms with Crippen LogP contribution in [-0.2, 0) is 11.3 Å². The van der Waals surface area contributed by atoms with E-state index in [9.17, 15) is 9.18 Å². The number of aromatic nitrogens is 1. The Morgan fingerprint density at radius 3 is 2.62 bits per heavy atom. The molecule has 0 bridgehead atoms. The summed E-state index contributed by atoms with van der Waals surface area (Å²) in [7, 11) is 3.66. The van der Waals surface area contributed by atoms with Crippen molar-refractivity contribution in [1.29, 1.82) is 0 Å². The first-order valence-corrected chi connectivity index (χ1v) is 7.80. The van der Waals surface area contributed by atoms with E-state index in [1.807, 2.05) is 49.5 Å². The Hall–Kier alpha value is -2.66. The van der Waals surface area contributed by atoms with Gasteiger partial charge in [0.2, 0.25) is 5.91 Å². The van der Waals surface area contributed by atoms with Crippen LogP contribution < -0.4 is 5.32 Å². The molecule has 0 radical (unpaired) electrons. The molecule has 0 saturated carbocycles. The molecule has 5 heteroatoms. The van der Waals surface area contributed by atoms with E-state index >= 15 is 0 Å². The third-order valence-electron chi connectivity index (χ3n) is 4.04. The number of H-pyrrole nitrogens is 1. The maximum absolute atomic E-state index is 13.1. The normalized spacial score (nSPS) is 12.5. The van der Waals surface area contributed by atoms with Gasteiger partial charge >= 0.3 is 0 Å². The maximum Gasteiger partial charge on any atom is 0.242 e. The molecule has 1 aromatic heterocycles. The highest BCUT2D eigenvalue weighted by Gasteiger charge is 2.22. The second-order valence-electron chi connectivity index (χ2n) is 6.03. The molecule has 0 saturated heterocycles. The molecule has 3 rings (SSSR count). The van der Waals surface area contributed by atoms with Gasteiger partial charge in [-0.3, -0.25) is 9.69 Å². The zero-order valence-electron chi connectivity index (χ0n) is 13.7. The number of hydrogen-bond acceptors (Lipinski definition) is 2. The fourth-order valence-electron chi connectivity index (χ4n) is 2.82. The van der Waals surface area contributed by atoms with Crippen LogP contribution in [0.2, 0.25) is 0 Å². The second kappa shape index (κ2) is 6.84. The summed E-state index contributed by atoms with van der Waals surface area (Å²) >= 11 is 0. The number of aromatic amines is 1. The fraction of sp³-hybridized carbons (Fsp3) is 0.211. The largest absolute Gasteiger partial charge is 0.361 e. The number of carbonyl (C=O) groups is 1. The topological polar surface area (TPSA) is 48.1 Å². The molecule has 0 aliphatic carbocycles. The summed E-state index contributed by atoms with van der Waals surface area (Å²) < 4.78 is 13.1. The molecular formula is C19H20FN3O. The van der Waals surface area contributed by atoms with Crippen LogP contribution in [0.5, 0.6) is 0 Å². The van der Waals surface area contributed by atoms with Crippen molar-refractivity contribution in [3.63, 3.8) is 0 Å². The molecule has 2 N–H and O–H groups in total. The van der Waals surface area contributed by atoms with E-state index in [0.29, 0.717) is 6.54 Å². The predicted molar refractivity (Wildman–Crippen MR) is 93.0 cm³/mol. The van der Waals surface area contributed by atoms with Gasteiger partial charge in [-0.05, 0) is 54.9 Å². The Labute approximate surface area is 140 Å². The van der Waals surface area contributed by atoms with Gasteiger partial charge in [0.1, 0.15) is 11.9 Å². The van der Waals surface area contributed by atoms with Gasteiger partial charge in [0, 0.05) is 18.3 Å². The lowest BCUT2D eigenvalue weighted by atomic mass is 10.0. The lowest BCUT2D eigenvalue weighted by molar-refractivity contribution is -0.125. The molecule has 0 aliphatic rings. The van der Waals surface area contributed by atoms with Gasteiger partial charge in [0.25, 0.3) is 0 Å². The van der Waals surface area contributed by atoms with E-state index in [1.165, 1.54) is 12.1 Å². The van der Waals surface area contributed by atoms with Crippen molar-refractivity contribution in [3.05, 3.63) is 71.7 Å². The van der Waals surface area contributed by atoms with Crippen molar-refractivity contribution in [2.45, 2.75) is 12.6 Å². The lowest BCUT2D eigenvalue weighted by Gasteiger charge is -2.24. The summed E-state index contributed by atoms with van der Waals surface area (Å²) in [6, 6.07) is 13.6. The second-order valence-corrected chi connectivity index (χ2v) is 6.03. The molecule has 3 aromatic rings. The zero-order valence-corrected chi connectivity index (χ0v) is 13.7. The van der Waals surface area contributed by atoms with Crippen LogP contribution >= 0.6 is 0 Å². The predicted octanol–water partition coefficient (Wildman–Crippen LogP) is 3.23. The van der Waals surface area contributed by atoms with Crippen LogP contribution in [0.25, 0.3) is 10.9 Å². The standard InChI is InChI=1S/C19H20FN3O/c1-23(2)18(15-5-7-16(20)8-6-15)19(24)22-12-13-3-4-14-9-10-21-17(14)11-13/h3-11,18,21H,12H2,1-2H3,(H,22,24)/t18-/m1/s1. The lowest BCUT2D eigenvalue weighted by Crippen LogP contribution is -2.36. The molecule has 0 spiro atoms. The molecule has 0 unspecified atom stereocenters.